The molecule has 1 aliphatic rings. The molecule has 4 aromatic rings. The maximum absolute atomic E-state index is 14.0. The second-order valence-electron chi connectivity index (χ2n) is 9.49. The van der Waals surface area contributed by atoms with Gasteiger partial charge in [0.25, 0.3) is 5.91 Å². The van der Waals surface area contributed by atoms with Gasteiger partial charge in [0.1, 0.15) is 18.4 Å². The number of allylic oxidation sites excluding steroid dienone is 1. The Kier molecular flexibility index (Phi) is 9.84. The number of hydrogen-bond donors (Lipinski definition) is 2. The van der Waals surface area contributed by atoms with Crippen molar-refractivity contribution in [2.75, 3.05) is 30.1 Å². The summed E-state index contributed by atoms with van der Waals surface area (Å²) < 4.78 is 20.1. The highest BCUT2D eigenvalue weighted by Crippen LogP contribution is 2.43. The minimum Gasteiger partial charge on any atom is -0.493 e. The van der Waals surface area contributed by atoms with Crippen LogP contribution in [0.25, 0.3) is 0 Å². The molecule has 0 saturated heterocycles. The molecule has 43 heavy (non-hydrogen) atoms. The Hall–Kier alpha value is -3.67. The quantitative estimate of drug-likeness (QED) is 0.155. The molecule has 1 aliphatic heterocycles. The first-order valence-corrected chi connectivity index (χ1v) is 15.8. The number of amides is 1. The van der Waals surface area contributed by atoms with E-state index in [1.807, 2.05) is 81.4 Å². The third-order valence-corrected chi connectivity index (χ3v) is 8.21. The standard InChI is InChI=1S/C31H31BrClN5O4S/c1-5-41-24-10-8-7-9-23(24)35-29(39)26-18(3)34-30-36-31(43-6-2)37-38(30)27(26)20-15-22(32)28(25(16-20)40-4)42-17-19-11-13-21(33)14-12-19/h7-16,27H,5-6,17H2,1-4H3,(H,35,39)(H,34,36,37). The first-order chi connectivity index (χ1) is 20.8. The van der Waals surface area contributed by atoms with Crippen LogP contribution in [0.15, 0.2) is 81.6 Å². The number of rotatable bonds is 11. The number of fused-ring (bicyclic) bond motifs is 1. The van der Waals surface area contributed by atoms with E-state index in [0.717, 1.165) is 16.9 Å². The summed E-state index contributed by atoms with van der Waals surface area (Å²) in [4.78, 5) is 18.7. The molecule has 12 heteroatoms. The molecular weight excluding hydrogens is 654 g/mol. The van der Waals surface area contributed by atoms with E-state index in [1.165, 1.54) is 11.8 Å². The zero-order chi connectivity index (χ0) is 30.5. The number of ether oxygens (including phenoxy) is 3. The second kappa shape index (κ2) is 13.7. The van der Waals surface area contributed by atoms with Crippen LogP contribution in [0, 0.1) is 0 Å². The molecule has 1 aromatic heterocycles. The summed E-state index contributed by atoms with van der Waals surface area (Å²) in [6.45, 7) is 6.59. The summed E-state index contributed by atoms with van der Waals surface area (Å²) in [5.41, 5.74) is 3.41. The highest BCUT2D eigenvalue weighted by atomic mass is 79.9. The van der Waals surface area contributed by atoms with Gasteiger partial charge >= 0.3 is 0 Å². The number of carbonyl (C=O) groups is 1. The van der Waals surface area contributed by atoms with Gasteiger partial charge in [-0.2, -0.15) is 4.98 Å². The second-order valence-corrected chi connectivity index (χ2v) is 12.0. The largest absolute Gasteiger partial charge is 0.493 e. The van der Waals surface area contributed by atoms with Crippen molar-refractivity contribution in [3.8, 4) is 17.2 Å². The zero-order valence-electron chi connectivity index (χ0n) is 24.1. The fourth-order valence-corrected chi connectivity index (χ4v) is 5.99. The van der Waals surface area contributed by atoms with Crippen molar-refractivity contribution >= 4 is 56.8 Å². The molecule has 1 amide bonds. The smallest absolute Gasteiger partial charge is 0.255 e. The van der Waals surface area contributed by atoms with Crippen LogP contribution in [0.1, 0.15) is 37.9 Å². The van der Waals surface area contributed by atoms with Crippen LogP contribution >= 0.6 is 39.3 Å². The molecule has 0 bridgehead atoms. The summed E-state index contributed by atoms with van der Waals surface area (Å²) in [6, 6.07) is 18.0. The number of nitrogens with one attached hydrogen (secondary N) is 2. The molecule has 0 saturated carbocycles. The number of thioether (sulfide) groups is 1. The van der Waals surface area contributed by atoms with Crippen molar-refractivity contribution in [2.24, 2.45) is 0 Å². The lowest BCUT2D eigenvalue weighted by Gasteiger charge is -2.29. The Labute approximate surface area is 268 Å². The number of aromatic nitrogens is 3. The molecular formula is C31H31BrClN5O4S. The van der Waals surface area contributed by atoms with Gasteiger partial charge in [0.15, 0.2) is 11.5 Å². The van der Waals surface area contributed by atoms with Crippen LogP contribution in [0.3, 0.4) is 0 Å². The monoisotopic (exact) mass is 683 g/mol. The SMILES string of the molecule is CCOc1ccccc1NC(=O)C1=C(C)Nc2nc(SCC)nn2C1c1cc(Br)c(OCc2ccc(Cl)cc2)c(OC)c1. The topological polar surface area (TPSA) is 99.5 Å². The average Bonchev–Trinajstić information content (AvgIpc) is 3.39. The van der Waals surface area contributed by atoms with Gasteiger partial charge in [-0.3, -0.25) is 4.79 Å². The molecule has 1 atom stereocenters. The van der Waals surface area contributed by atoms with Crippen molar-refractivity contribution in [3.63, 3.8) is 0 Å². The predicted molar refractivity (Wildman–Crippen MR) is 174 cm³/mol. The molecule has 0 aliphatic carbocycles. The third-order valence-electron chi connectivity index (χ3n) is 6.65. The maximum atomic E-state index is 14.0. The lowest BCUT2D eigenvalue weighted by Crippen LogP contribution is -2.31. The van der Waals surface area contributed by atoms with Crippen LogP contribution in [-0.4, -0.2) is 40.1 Å². The summed E-state index contributed by atoms with van der Waals surface area (Å²) in [6.07, 6.45) is 0. The number of methoxy groups -OCH3 is 1. The molecule has 1 unspecified atom stereocenters. The molecule has 0 spiro atoms. The van der Waals surface area contributed by atoms with Crippen molar-refractivity contribution in [3.05, 3.63) is 92.6 Å². The van der Waals surface area contributed by atoms with Crippen LogP contribution < -0.4 is 24.8 Å². The molecule has 0 radical (unpaired) electrons. The van der Waals surface area contributed by atoms with Gasteiger partial charge in [-0.15, -0.1) is 5.10 Å². The first-order valence-electron chi connectivity index (χ1n) is 13.7. The van der Waals surface area contributed by atoms with E-state index >= 15 is 0 Å². The van der Waals surface area contributed by atoms with Gasteiger partial charge in [0, 0.05) is 10.7 Å². The Bertz CT molecular complexity index is 1660. The molecule has 2 heterocycles. The average molecular weight is 685 g/mol. The van der Waals surface area contributed by atoms with Crippen molar-refractivity contribution in [1.29, 1.82) is 0 Å². The van der Waals surface area contributed by atoms with Gasteiger partial charge in [0.05, 0.1) is 29.4 Å². The van der Waals surface area contributed by atoms with Gasteiger partial charge < -0.3 is 24.8 Å². The fourth-order valence-electron chi connectivity index (χ4n) is 4.74. The number of benzene rings is 3. The van der Waals surface area contributed by atoms with Crippen molar-refractivity contribution in [1.82, 2.24) is 14.8 Å². The van der Waals surface area contributed by atoms with Gasteiger partial charge in [-0.25, -0.2) is 4.68 Å². The Morgan fingerprint density at radius 2 is 1.88 bits per heavy atom. The Morgan fingerprint density at radius 3 is 2.60 bits per heavy atom. The van der Waals surface area contributed by atoms with Crippen molar-refractivity contribution in [2.45, 2.75) is 38.6 Å². The minimum absolute atomic E-state index is 0.300. The molecule has 3 aromatic carbocycles. The van der Waals surface area contributed by atoms with E-state index in [0.29, 0.717) is 68.0 Å². The first kappa shape index (κ1) is 30.8. The molecule has 9 nitrogen and oxygen atoms in total. The number of para-hydroxylation sites is 2. The van der Waals surface area contributed by atoms with Crippen LogP contribution in [0.4, 0.5) is 11.6 Å². The normalized spacial score (nSPS) is 14.1. The number of anilines is 2. The number of hydrogen-bond acceptors (Lipinski definition) is 8. The molecule has 224 valence electrons. The van der Waals surface area contributed by atoms with Crippen molar-refractivity contribution < 1.29 is 19.0 Å². The van der Waals surface area contributed by atoms with E-state index in [9.17, 15) is 4.79 Å². The number of nitrogens with zero attached hydrogens (tertiary/aromatic N) is 3. The molecule has 5 rings (SSSR count). The van der Waals surface area contributed by atoms with E-state index in [4.69, 9.17) is 30.9 Å². The van der Waals surface area contributed by atoms with Gasteiger partial charge in [-0.1, -0.05) is 54.6 Å². The van der Waals surface area contributed by atoms with E-state index in [1.54, 1.807) is 11.8 Å². The number of halogens is 2. The highest BCUT2D eigenvalue weighted by molar-refractivity contribution is 9.10. The van der Waals surface area contributed by atoms with E-state index < -0.39 is 6.04 Å². The van der Waals surface area contributed by atoms with Crippen LogP contribution in [-0.2, 0) is 11.4 Å². The van der Waals surface area contributed by atoms with Crippen LogP contribution in [0.5, 0.6) is 17.2 Å². The highest BCUT2D eigenvalue weighted by Gasteiger charge is 2.35. The molecule has 2 N–H and O–H groups in total. The third kappa shape index (κ3) is 6.79. The lowest BCUT2D eigenvalue weighted by atomic mass is 9.94. The van der Waals surface area contributed by atoms with Crippen LogP contribution in [0.2, 0.25) is 5.02 Å². The predicted octanol–water partition coefficient (Wildman–Crippen LogP) is 7.72. The summed E-state index contributed by atoms with van der Waals surface area (Å²) in [7, 11) is 1.58. The summed E-state index contributed by atoms with van der Waals surface area (Å²) in [5.74, 6) is 2.68. The van der Waals surface area contributed by atoms with Gasteiger partial charge in [0.2, 0.25) is 11.1 Å². The van der Waals surface area contributed by atoms with E-state index in [-0.39, 0.29) is 5.91 Å². The lowest BCUT2D eigenvalue weighted by molar-refractivity contribution is -0.113. The summed E-state index contributed by atoms with van der Waals surface area (Å²) in [5, 5.41) is 12.4. The Morgan fingerprint density at radius 1 is 1.12 bits per heavy atom. The molecule has 0 fully saturated rings. The van der Waals surface area contributed by atoms with Gasteiger partial charge in [-0.05, 0) is 83.1 Å². The summed E-state index contributed by atoms with van der Waals surface area (Å²) >= 11 is 11.2. The minimum atomic E-state index is -0.621. The number of carbonyl (C=O) groups excluding carboxylic acids is 1. The Balaban J connectivity index is 1.55. The maximum Gasteiger partial charge on any atom is 0.255 e. The zero-order valence-corrected chi connectivity index (χ0v) is 27.3. The fraction of sp³-hybridized carbons (Fsp3) is 0.258. The van der Waals surface area contributed by atoms with E-state index in [2.05, 4.69) is 31.5 Å².